The quantitative estimate of drug-likeness (QED) is 0.230. The standard InChI is InChI=1S/C35H23N7/c1-4-14-31-29(13-1)30-18-17-25(22-34(30)41(31)26-10-7-9-24(21-26)39-20-8-19-36-39)40-23-35(37-38-40)42-32-15-5-2-11-27(32)28-12-3-6-16-33(28)42/h1-23H. The number of rotatable bonds is 4. The van der Waals surface area contributed by atoms with E-state index in [9.17, 15) is 0 Å². The highest BCUT2D eigenvalue weighted by Gasteiger charge is 2.17. The molecule has 0 spiro atoms. The summed E-state index contributed by atoms with van der Waals surface area (Å²) in [6, 6.07) is 42.3. The van der Waals surface area contributed by atoms with Gasteiger partial charge in [-0.25, -0.2) is 9.36 Å². The lowest BCUT2D eigenvalue weighted by Gasteiger charge is -2.11. The molecule has 9 rings (SSSR count). The Morgan fingerprint density at radius 1 is 0.452 bits per heavy atom. The molecule has 0 bridgehead atoms. The second kappa shape index (κ2) is 8.78. The highest BCUT2D eigenvalue weighted by molar-refractivity contribution is 6.10. The van der Waals surface area contributed by atoms with Gasteiger partial charge in [0, 0.05) is 39.6 Å². The summed E-state index contributed by atoms with van der Waals surface area (Å²) in [5.74, 6) is 0.778. The molecule has 0 N–H and O–H groups in total. The van der Waals surface area contributed by atoms with Crippen LogP contribution >= 0.6 is 0 Å². The molecule has 0 unspecified atom stereocenters. The number of hydrogen-bond acceptors (Lipinski definition) is 3. The van der Waals surface area contributed by atoms with Gasteiger partial charge in [0.25, 0.3) is 0 Å². The molecule has 0 radical (unpaired) electrons. The third kappa shape index (κ3) is 3.31. The van der Waals surface area contributed by atoms with Gasteiger partial charge < -0.3 is 4.57 Å². The van der Waals surface area contributed by atoms with Gasteiger partial charge in [0.2, 0.25) is 0 Å². The molecule has 0 atom stereocenters. The van der Waals surface area contributed by atoms with Crippen molar-refractivity contribution in [1.82, 2.24) is 33.9 Å². The van der Waals surface area contributed by atoms with Crippen LogP contribution in [0.1, 0.15) is 0 Å². The highest BCUT2D eigenvalue weighted by atomic mass is 15.4. The molecule has 0 amide bonds. The molecule has 0 fully saturated rings. The van der Waals surface area contributed by atoms with E-state index in [2.05, 4.69) is 140 Å². The zero-order valence-electron chi connectivity index (χ0n) is 22.4. The Kier molecular flexibility index (Phi) is 4.77. The number of para-hydroxylation sites is 3. The molecule has 7 heteroatoms. The van der Waals surface area contributed by atoms with Crippen molar-refractivity contribution >= 4 is 43.6 Å². The third-order valence-corrected chi connectivity index (χ3v) is 8.07. The lowest BCUT2D eigenvalue weighted by molar-refractivity contribution is 0.801. The topological polar surface area (TPSA) is 58.4 Å². The van der Waals surface area contributed by atoms with Gasteiger partial charge in [0.15, 0.2) is 5.82 Å². The number of benzene rings is 5. The predicted molar refractivity (Wildman–Crippen MR) is 167 cm³/mol. The molecule has 4 aromatic heterocycles. The van der Waals surface area contributed by atoms with E-state index in [0.29, 0.717) is 0 Å². The normalized spacial score (nSPS) is 11.8. The summed E-state index contributed by atoms with van der Waals surface area (Å²) in [5, 5.41) is 18.4. The van der Waals surface area contributed by atoms with Crippen LogP contribution in [-0.2, 0) is 0 Å². The van der Waals surface area contributed by atoms with Gasteiger partial charge in [-0.1, -0.05) is 71.9 Å². The Morgan fingerprint density at radius 3 is 1.76 bits per heavy atom. The Morgan fingerprint density at radius 2 is 1.07 bits per heavy atom. The van der Waals surface area contributed by atoms with Gasteiger partial charge in [-0.3, -0.25) is 4.57 Å². The van der Waals surface area contributed by atoms with E-state index >= 15 is 0 Å². The highest BCUT2D eigenvalue weighted by Crippen LogP contribution is 2.34. The second-order valence-corrected chi connectivity index (χ2v) is 10.4. The Hall–Kier alpha value is -5.95. The summed E-state index contributed by atoms with van der Waals surface area (Å²) in [6.45, 7) is 0. The van der Waals surface area contributed by atoms with Gasteiger partial charge in [-0.2, -0.15) is 5.10 Å². The molecule has 0 saturated heterocycles. The minimum Gasteiger partial charge on any atom is -0.309 e. The van der Waals surface area contributed by atoms with E-state index in [4.69, 9.17) is 0 Å². The molecule has 42 heavy (non-hydrogen) atoms. The minimum absolute atomic E-state index is 0.778. The summed E-state index contributed by atoms with van der Waals surface area (Å²) in [5.41, 5.74) is 7.47. The average molecular weight is 542 g/mol. The summed E-state index contributed by atoms with van der Waals surface area (Å²) in [7, 11) is 0. The van der Waals surface area contributed by atoms with Crippen molar-refractivity contribution in [2.75, 3.05) is 0 Å². The van der Waals surface area contributed by atoms with Gasteiger partial charge >= 0.3 is 0 Å². The predicted octanol–water partition coefficient (Wildman–Crippen LogP) is 7.65. The lowest BCUT2D eigenvalue weighted by atomic mass is 10.1. The molecule has 7 nitrogen and oxygen atoms in total. The molecule has 0 aliphatic rings. The van der Waals surface area contributed by atoms with Crippen LogP contribution in [0.25, 0.3) is 66.5 Å². The monoisotopic (exact) mass is 541 g/mol. The maximum Gasteiger partial charge on any atom is 0.180 e. The van der Waals surface area contributed by atoms with Crippen molar-refractivity contribution in [2.45, 2.75) is 0 Å². The van der Waals surface area contributed by atoms with E-state index in [1.165, 1.54) is 21.5 Å². The summed E-state index contributed by atoms with van der Waals surface area (Å²) >= 11 is 0. The van der Waals surface area contributed by atoms with Crippen LogP contribution in [0.2, 0.25) is 0 Å². The van der Waals surface area contributed by atoms with Crippen molar-refractivity contribution in [3.63, 3.8) is 0 Å². The smallest absolute Gasteiger partial charge is 0.180 e. The fourth-order valence-corrected chi connectivity index (χ4v) is 6.23. The van der Waals surface area contributed by atoms with Crippen molar-refractivity contribution in [3.8, 4) is 22.9 Å². The first-order valence-corrected chi connectivity index (χ1v) is 13.9. The van der Waals surface area contributed by atoms with Gasteiger partial charge in [0.05, 0.1) is 39.6 Å². The maximum atomic E-state index is 4.64. The molecule has 0 aliphatic heterocycles. The summed E-state index contributed by atoms with van der Waals surface area (Å²) in [6.07, 6.45) is 5.76. The van der Waals surface area contributed by atoms with E-state index in [1.807, 2.05) is 27.8 Å². The largest absolute Gasteiger partial charge is 0.309 e. The van der Waals surface area contributed by atoms with E-state index in [-0.39, 0.29) is 0 Å². The second-order valence-electron chi connectivity index (χ2n) is 10.4. The minimum atomic E-state index is 0.778. The van der Waals surface area contributed by atoms with Crippen LogP contribution in [0.4, 0.5) is 0 Å². The van der Waals surface area contributed by atoms with Crippen LogP contribution < -0.4 is 0 Å². The van der Waals surface area contributed by atoms with Gasteiger partial charge in [-0.05, 0) is 54.6 Å². The third-order valence-electron chi connectivity index (χ3n) is 8.07. The van der Waals surface area contributed by atoms with Crippen LogP contribution in [0.5, 0.6) is 0 Å². The van der Waals surface area contributed by atoms with Gasteiger partial charge in [-0.15, -0.1) is 5.10 Å². The maximum absolute atomic E-state index is 4.64. The number of aromatic nitrogens is 7. The fraction of sp³-hybridized carbons (Fsp3) is 0. The summed E-state index contributed by atoms with van der Waals surface area (Å²) < 4.78 is 8.24. The zero-order chi connectivity index (χ0) is 27.6. The summed E-state index contributed by atoms with van der Waals surface area (Å²) in [4.78, 5) is 0. The number of nitrogens with zero attached hydrogens (tertiary/aromatic N) is 7. The van der Waals surface area contributed by atoms with Crippen LogP contribution in [0.3, 0.4) is 0 Å². The van der Waals surface area contributed by atoms with Crippen molar-refractivity contribution in [2.24, 2.45) is 0 Å². The first kappa shape index (κ1) is 22.8. The van der Waals surface area contributed by atoms with E-state index in [1.54, 1.807) is 6.20 Å². The van der Waals surface area contributed by atoms with Crippen molar-refractivity contribution in [1.29, 1.82) is 0 Å². The fourth-order valence-electron chi connectivity index (χ4n) is 6.23. The molecular formula is C35H23N7. The van der Waals surface area contributed by atoms with Crippen molar-refractivity contribution < 1.29 is 0 Å². The first-order chi connectivity index (χ1) is 20.8. The molecule has 4 heterocycles. The van der Waals surface area contributed by atoms with Crippen LogP contribution in [0, 0.1) is 0 Å². The van der Waals surface area contributed by atoms with E-state index < -0.39 is 0 Å². The van der Waals surface area contributed by atoms with Gasteiger partial charge in [0.1, 0.15) is 0 Å². The molecule has 0 aliphatic carbocycles. The molecule has 9 aromatic rings. The molecular weight excluding hydrogens is 518 g/mol. The SMILES string of the molecule is c1cc(-n2cccn2)cc(-n2c3ccccc3c3ccc(-n4cc(-n5c6ccccc6c6ccccc65)nn4)cc32)c1. The van der Waals surface area contributed by atoms with Crippen LogP contribution in [-0.4, -0.2) is 33.9 Å². The molecule has 0 saturated carbocycles. The first-order valence-electron chi connectivity index (χ1n) is 13.9. The van der Waals surface area contributed by atoms with Crippen LogP contribution in [0.15, 0.2) is 140 Å². The number of hydrogen-bond donors (Lipinski definition) is 0. The van der Waals surface area contributed by atoms with Crippen molar-refractivity contribution in [3.05, 3.63) is 140 Å². The molecule has 198 valence electrons. The Labute approximate surface area is 240 Å². The zero-order valence-corrected chi connectivity index (χ0v) is 22.4. The average Bonchev–Trinajstić information content (AvgIpc) is 3.85. The number of fused-ring (bicyclic) bond motifs is 6. The molecule has 5 aromatic carbocycles. The lowest BCUT2D eigenvalue weighted by Crippen LogP contribution is -1.99. The Bertz CT molecular complexity index is 2370. The van der Waals surface area contributed by atoms with E-state index in [0.717, 1.165) is 44.9 Å². The Balaban J connectivity index is 1.23.